The fraction of sp³-hybridized carbons (Fsp3) is 0. The van der Waals surface area contributed by atoms with Crippen molar-refractivity contribution in [2.24, 2.45) is 5.73 Å². The Morgan fingerprint density at radius 1 is 1.36 bits per heavy atom. The first-order valence-electron chi connectivity index (χ1n) is 5.61. The van der Waals surface area contributed by atoms with Crippen molar-refractivity contribution in [3.05, 3.63) is 62.4 Å². The Bertz CT molecular complexity index is 773. The maximum absolute atomic E-state index is 12.4. The van der Waals surface area contributed by atoms with Gasteiger partial charge in [-0.15, -0.1) is 0 Å². The van der Waals surface area contributed by atoms with Crippen molar-refractivity contribution < 1.29 is 22.2 Å². The summed E-state index contributed by atoms with van der Waals surface area (Å²) in [5.41, 5.74) is 5.82. The van der Waals surface area contributed by atoms with Crippen LogP contribution in [0.3, 0.4) is 0 Å². The number of amides is 1. The van der Waals surface area contributed by atoms with Crippen LogP contribution >= 0.6 is 22.9 Å². The van der Waals surface area contributed by atoms with E-state index in [0.717, 1.165) is 23.1 Å². The monoisotopic (exact) mass is 363 g/mol. The molecule has 0 saturated carbocycles. The van der Waals surface area contributed by atoms with Crippen LogP contribution in [-0.4, -0.2) is 18.9 Å². The molecule has 0 aliphatic rings. The highest BCUT2D eigenvalue weighted by atomic mass is 35.5. The summed E-state index contributed by atoms with van der Waals surface area (Å²) in [7, 11) is -3.98. The predicted molar refractivity (Wildman–Crippen MR) is 84.8 cm³/mol. The van der Waals surface area contributed by atoms with Crippen LogP contribution in [0.25, 0.3) is 6.08 Å². The van der Waals surface area contributed by atoms with E-state index in [1.54, 1.807) is 11.4 Å². The number of carbonyl (C=O) groups excluding carboxylic acids is 1. The molecule has 1 heterocycles. The quantitative estimate of drug-likeness (QED) is 0.818. The maximum atomic E-state index is 12.4. The molecule has 0 aliphatic heterocycles. The Balaban J connectivity index is 0.000000220. The van der Waals surface area contributed by atoms with Crippen LogP contribution in [0.1, 0.15) is 15.9 Å². The Morgan fingerprint density at radius 2 is 2.05 bits per heavy atom. The fourth-order valence-corrected chi connectivity index (χ4v) is 2.44. The number of benzene rings is 1. The lowest BCUT2D eigenvalue weighted by molar-refractivity contribution is 0.100. The van der Waals surface area contributed by atoms with Gasteiger partial charge in [-0.25, -0.2) is 4.39 Å². The van der Waals surface area contributed by atoms with Crippen LogP contribution in [0.2, 0.25) is 5.02 Å². The third kappa shape index (κ3) is 6.81. The summed E-state index contributed by atoms with van der Waals surface area (Å²) in [5.74, 6) is -1.14. The number of hydrogen-bond acceptors (Lipinski definition) is 4. The molecule has 5 nitrogen and oxygen atoms in total. The number of thiophene rings is 1. The summed E-state index contributed by atoms with van der Waals surface area (Å²) in [6, 6.07) is 5.18. The van der Waals surface area contributed by atoms with Crippen molar-refractivity contribution in [2.75, 3.05) is 0 Å². The van der Waals surface area contributed by atoms with Crippen molar-refractivity contribution in [3.8, 4) is 0 Å². The number of halogens is 2. The highest BCUT2D eigenvalue weighted by Crippen LogP contribution is 2.16. The Morgan fingerprint density at radius 3 is 2.50 bits per heavy atom. The average molecular weight is 364 g/mol. The van der Waals surface area contributed by atoms with Gasteiger partial charge in [-0.2, -0.15) is 19.8 Å². The van der Waals surface area contributed by atoms with Gasteiger partial charge in [0.15, 0.2) is 0 Å². The lowest BCUT2D eigenvalue weighted by Crippen LogP contribution is -2.11. The molecule has 0 radical (unpaired) electrons. The normalized spacial score (nSPS) is 11.0. The molecule has 0 spiro atoms. The largest absolute Gasteiger partial charge is 0.366 e. The van der Waals surface area contributed by atoms with Crippen molar-refractivity contribution in [1.82, 2.24) is 0 Å². The van der Waals surface area contributed by atoms with Crippen molar-refractivity contribution >= 4 is 45.0 Å². The summed E-state index contributed by atoms with van der Waals surface area (Å²) < 4.78 is 41.1. The van der Waals surface area contributed by atoms with Crippen molar-refractivity contribution in [2.45, 2.75) is 0 Å². The van der Waals surface area contributed by atoms with Gasteiger partial charge < -0.3 is 5.73 Å². The predicted octanol–water partition coefficient (Wildman–Crippen LogP) is 3.18. The van der Waals surface area contributed by atoms with Gasteiger partial charge >= 0.3 is 0 Å². The van der Waals surface area contributed by atoms with Gasteiger partial charge in [0.05, 0.1) is 16.0 Å². The first-order valence-corrected chi connectivity index (χ1v) is 8.44. The summed E-state index contributed by atoms with van der Waals surface area (Å²) in [6.07, 6.45) is 1.34. The third-order valence-corrected chi connectivity index (χ3v) is 3.67. The Labute approximate surface area is 135 Å². The Kier molecular flexibility index (Phi) is 6.69. The maximum Gasteiger partial charge on any atom is 0.287 e. The van der Waals surface area contributed by atoms with Gasteiger partial charge in [0.25, 0.3) is 10.1 Å². The summed E-state index contributed by atoms with van der Waals surface area (Å²) in [6.45, 7) is 0. The van der Waals surface area contributed by atoms with Crippen molar-refractivity contribution in [3.63, 3.8) is 0 Å². The van der Waals surface area contributed by atoms with E-state index in [2.05, 4.69) is 0 Å². The fourth-order valence-electron chi connectivity index (χ4n) is 1.22. The number of hydrogen-bond donors (Lipinski definition) is 2. The van der Waals surface area contributed by atoms with Gasteiger partial charge in [-0.3, -0.25) is 9.35 Å². The average Bonchev–Trinajstić information content (AvgIpc) is 2.89. The number of primary amides is 1. The number of carbonyl (C=O) groups is 1. The van der Waals surface area contributed by atoms with E-state index in [-0.39, 0.29) is 10.6 Å². The Hall–Kier alpha value is -1.74. The molecule has 0 unspecified atom stereocenters. The van der Waals surface area contributed by atoms with E-state index in [1.165, 1.54) is 23.5 Å². The highest BCUT2D eigenvalue weighted by Gasteiger charge is 2.05. The molecule has 1 amide bonds. The molecule has 22 heavy (non-hydrogen) atoms. The SMILES string of the molecule is NC(=O)c1ccc(F)cc1Cl.O=S(=O)(O)/C=C/c1ccsc1. The minimum atomic E-state index is -3.98. The second-order valence-corrected chi connectivity index (χ2v) is 6.35. The van der Waals surface area contributed by atoms with Gasteiger partial charge in [-0.05, 0) is 46.7 Å². The molecule has 2 aromatic rings. The van der Waals surface area contributed by atoms with E-state index < -0.39 is 21.8 Å². The summed E-state index contributed by atoms with van der Waals surface area (Å²) in [5, 5.41) is 4.40. The minimum absolute atomic E-state index is 0.0394. The number of nitrogens with two attached hydrogens (primary N) is 1. The molecular weight excluding hydrogens is 353 g/mol. The molecule has 9 heteroatoms. The van der Waals surface area contributed by atoms with Gasteiger partial charge in [0.2, 0.25) is 5.91 Å². The molecule has 2 rings (SSSR count). The molecule has 1 aromatic carbocycles. The van der Waals surface area contributed by atoms with Gasteiger partial charge in [0, 0.05) is 0 Å². The molecule has 0 aliphatic carbocycles. The lowest BCUT2D eigenvalue weighted by atomic mass is 10.2. The summed E-state index contributed by atoms with van der Waals surface area (Å²) in [4.78, 5) is 10.5. The van der Waals surface area contributed by atoms with Crippen LogP contribution < -0.4 is 5.73 Å². The lowest BCUT2D eigenvalue weighted by Gasteiger charge is -1.97. The molecule has 0 bridgehead atoms. The van der Waals surface area contributed by atoms with Crippen LogP contribution in [0, 0.1) is 5.82 Å². The topological polar surface area (TPSA) is 97.5 Å². The zero-order chi connectivity index (χ0) is 16.8. The van der Waals surface area contributed by atoms with Crippen molar-refractivity contribution in [1.29, 1.82) is 0 Å². The van der Waals surface area contributed by atoms with E-state index in [1.807, 2.05) is 5.38 Å². The van der Waals surface area contributed by atoms with Crippen LogP contribution in [-0.2, 0) is 10.1 Å². The molecule has 3 N–H and O–H groups in total. The number of rotatable bonds is 3. The minimum Gasteiger partial charge on any atom is -0.366 e. The third-order valence-electron chi connectivity index (χ3n) is 2.17. The van der Waals surface area contributed by atoms with Gasteiger partial charge in [0.1, 0.15) is 5.82 Å². The molecule has 1 aromatic heterocycles. The van der Waals surface area contributed by atoms with Gasteiger partial charge in [-0.1, -0.05) is 11.6 Å². The van der Waals surface area contributed by atoms with E-state index in [0.29, 0.717) is 0 Å². The molecular formula is C13H11ClFNO4S2. The standard InChI is InChI=1S/C7H5ClFNO.C6H6O3S2/c8-6-3-4(9)1-2-5(6)7(10)11;7-11(8,9)4-2-6-1-3-10-5-6/h1-3H,(H2,10,11);1-5H,(H,7,8,9)/b;4-2+. The van der Waals surface area contributed by atoms with Crippen LogP contribution in [0.5, 0.6) is 0 Å². The second-order valence-electron chi connectivity index (χ2n) is 3.86. The zero-order valence-electron chi connectivity index (χ0n) is 10.9. The first kappa shape index (κ1) is 18.3. The van der Waals surface area contributed by atoms with Crippen LogP contribution in [0.4, 0.5) is 4.39 Å². The first-order chi connectivity index (χ1) is 10.2. The highest BCUT2D eigenvalue weighted by molar-refractivity contribution is 7.88. The molecule has 0 atom stereocenters. The molecule has 0 fully saturated rings. The summed E-state index contributed by atoms with van der Waals surface area (Å²) >= 11 is 6.95. The van der Waals surface area contributed by atoms with E-state index >= 15 is 0 Å². The molecule has 0 saturated heterocycles. The zero-order valence-corrected chi connectivity index (χ0v) is 13.3. The smallest absolute Gasteiger partial charge is 0.287 e. The second kappa shape index (κ2) is 8.04. The van der Waals surface area contributed by atoms with E-state index in [4.69, 9.17) is 21.9 Å². The van der Waals surface area contributed by atoms with E-state index in [9.17, 15) is 17.6 Å². The molecule has 118 valence electrons. The van der Waals surface area contributed by atoms with Crippen LogP contribution in [0.15, 0.2) is 40.4 Å².